The third-order valence-corrected chi connectivity index (χ3v) is 4.87. The zero-order chi connectivity index (χ0) is 14.4. The average Bonchev–Trinajstić information content (AvgIpc) is 3.11. The number of carbonyl (C=O) groups excluding carboxylic acids is 2. The minimum absolute atomic E-state index is 0.0752. The van der Waals surface area contributed by atoms with Gasteiger partial charge in [0.15, 0.2) is 0 Å². The number of fused-ring (bicyclic) bond motifs is 2. The molecule has 0 aromatic heterocycles. The molecule has 112 valence electrons. The fraction of sp³-hybridized carbons (Fsp3) is 0.625. The molecule has 3 unspecified atom stereocenters. The Bertz CT molecular complexity index is 559. The zero-order valence-corrected chi connectivity index (χ0v) is 11.8. The van der Waals surface area contributed by atoms with E-state index in [4.69, 9.17) is 14.2 Å². The van der Waals surface area contributed by atoms with Crippen LogP contribution in [0.1, 0.15) is 44.9 Å². The van der Waals surface area contributed by atoms with Gasteiger partial charge in [-0.15, -0.1) is 0 Å². The number of ether oxygens (including phenoxy) is 3. The summed E-state index contributed by atoms with van der Waals surface area (Å²) in [6, 6.07) is 0. The molecule has 2 aliphatic heterocycles. The van der Waals surface area contributed by atoms with Crippen LogP contribution in [0.2, 0.25) is 0 Å². The number of cyclic esters (lactones) is 1. The number of allylic oxidation sites excluding steroid dienone is 1. The van der Waals surface area contributed by atoms with Gasteiger partial charge in [0.2, 0.25) is 6.29 Å². The number of hydrogen-bond acceptors (Lipinski definition) is 5. The highest BCUT2D eigenvalue weighted by Gasteiger charge is 2.47. The van der Waals surface area contributed by atoms with Crippen LogP contribution in [0.4, 0.5) is 0 Å². The second-order valence-electron chi connectivity index (χ2n) is 6.14. The Morgan fingerprint density at radius 1 is 1.10 bits per heavy atom. The van der Waals surface area contributed by atoms with E-state index in [1.54, 1.807) is 0 Å². The van der Waals surface area contributed by atoms with Gasteiger partial charge in [0, 0.05) is 12.3 Å². The molecule has 3 atom stereocenters. The maximum atomic E-state index is 12.0. The predicted octanol–water partition coefficient (Wildman–Crippen LogP) is 2.37. The Hall–Kier alpha value is -1.78. The third kappa shape index (κ3) is 2.15. The minimum Gasteiger partial charge on any atom is -0.462 e. The molecule has 0 bridgehead atoms. The van der Waals surface area contributed by atoms with Crippen molar-refractivity contribution >= 4 is 11.9 Å². The second-order valence-corrected chi connectivity index (χ2v) is 6.14. The van der Waals surface area contributed by atoms with Gasteiger partial charge < -0.3 is 14.2 Å². The summed E-state index contributed by atoms with van der Waals surface area (Å²) < 4.78 is 16.0. The number of rotatable bonds is 2. The van der Waals surface area contributed by atoms with Crippen molar-refractivity contribution in [3.05, 3.63) is 23.0 Å². The number of hydrogen-bond donors (Lipinski definition) is 0. The molecule has 0 aromatic carbocycles. The molecule has 0 N–H and O–H groups in total. The van der Waals surface area contributed by atoms with Crippen LogP contribution in [0.25, 0.3) is 0 Å². The largest absolute Gasteiger partial charge is 0.462 e. The van der Waals surface area contributed by atoms with E-state index in [0.717, 1.165) is 19.3 Å². The van der Waals surface area contributed by atoms with Crippen LogP contribution in [0.15, 0.2) is 23.0 Å². The SMILES string of the molecule is O=C1CCC(O/C=C2/C(=O)OC3C4=C(CCCC4)CC23)O1. The highest BCUT2D eigenvalue weighted by atomic mass is 16.7. The van der Waals surface area contributed by atoms with Gasteiger partial charge >= 0.3 is 11.9 Å². The van der Waals surface area contributed by atoms with E-state index in [-0.39, 0.29) is 24.0 Å². The standard InChI is InChI=1S/C16H18O5/c17-13-5-6-14(20-13)19-8-12-11-7-9-3-1-2-4-10(9)15(11)21-16(12)18/h8,11,14-15H,1-7H2/b12-8+. The maximum Gasteiger partial charge on any atom is 0.338 e. The van der Waals surface area contributed by atoms with Crippen molar-refractivity contribution in [3.8, 4) is 0 Å². The highest BCUT2D eigenvalue weighted by molar-refractivity contribution is 5.92. The fourth-order valence-corrected chi connectivity index (χ4v) is 3.82. The molecule has 0 aromatic rings. The maximum absolute atomic E-state index is 12.0. The first kappa shape index (κ1) is 12.9. The molecule has 5 nitrogen and oxygen atoms in total. The number of carbonyl (C=O) groups is 2. The lowest BCUT2D eigenvalue weighted by Gasteiger charge is -2.17. The predicted molar refractivity (Wildman–Crippen MR) is 71.8 cm³/mol. The van der Waals surface area contributed by atoms with Gasteiger partial charge in [0.05, 0.1) is 18.3 Å². The van der Waals surface area contributed by atoms with Gasteiger partial charge in [-0.2, -0.15) is 0 Å². The fourth-order valence-electron chi connectivity index (χ4n) is 3.82. The van der Waals surface area contributed by atoms with Crippen LogP contribution in [-0.2, 0) is 23.8 Å². The molecule has 0 spiro atoms. The zero-order valence-electron chi connectivity index (χ0n) is 11.8. The van der Waals surface area contributed by atoms with Crippen molar-refractivity contribution in [2.75, 3.05) is 0 Å². The van der Waals surface area contributed by atoms with Crippen LogP contribution >= 0.6 is 0 Å². The van der Waals surface area contributed by atoms with E-state index in [9.17, 15) is 9.59 Å². The summed E-state index contributed by atoms with van der Waals surface area (Å²) in [6.45, 7) is 0. The monoisotopic (exact) mass is 290 g/mol. The molecular formula is C16H18O5. The molecule has 2 aliphatic carbocycles. The van der Waals surface area contributed by atoms with E-state index >= 15 is 0 Å². The summed E-state index contributed by atoms with van der Waals surface area (Å²) >= 11 is 0. The van der Waals surface area contributed by atoms with Gasteiger partial charge in [-0.25, -0.2) is 4.79 Å². The molecule has 0 saturated carbocycles. The van der Waals surface area contributed by atoms with E-state index < -0.39 is 6.29 Å². The second kappa shape index (κ2) is 4.90. The van der Waals surface area contributed by atoms with E-state index in [0.29, 0.717) is 18.4 Å². The Morgan fingerprint density at radius 2 is 1.95 bits per heavy atom. The quantitative estimate of drug-likeness (QED) is 0.338. The normalized spacial score (nSPS) is 36.6. The Balaban J connectivity index is 1.49. The van der Waals surface area contributed by atoms with Gasteiger partial charge in [0.25, 0.3) is 0 Å². The van der Waals surface area contributed by atoms with Gasteiger partial charge in [-0.3, -0.25) is 4.79 Å². The first-order valence-corrected chi connectivity index (χ1v) is 7.69. The van der Waals surface area contributed by atoms with Gasteiger partial charge in [-0.05, 0) is 37.7 Å². The molecule has 5 heteroatoms. The van der Waals surface area contributed by atoms with Crippen LogP contribution in [0.5, 0.6) is 0 Å². The molecule has 4 aliphatic rings. The van der Waals surface area contributed by atoms with Crippen molar-refractivity contribution in [2.24, 2.45) is 5.92 Å². The topological polar surface area (TPSA) is 61.8 Å². The molecule has 2 heterocycles. The van der Waals surface area contributed by atoms with Crippen molar-refractivity contribution in [1.82, 2.24) is 0 Å². The smallest absolute Gasteiger partial charge is 0.338 e. The lowest BCUT2D eigenvalue weighted by atomic mass is 9.93. The summed E-state index contributed by atoms with van der Waals surface area (Å²) in [6.07, 6.45) is 7.27. The average molecular weight is 290 g/mol. The number of esters is 2. The van der Waals surface area contributed by atoms with Gasteiger partial charge in [-0.1, -0.05) is 5.57 Å². The van der Waals surface area contributed by atoms with Crippen LogP contribution in [0, 0.1) is 5.92 Å². The summed E-state index contributed by atoms with van der Waals surface area (Å²) in [5.41, 5.74) is 3.41. The van der Waals surface area contributed by atoms with Crippen LogP contribution in [-0.4, -0.2) is 24.3 Å². The van der Waals surface area contributed by atoms with E-state index in [1.807, 2.05) is 0 Å². The molecule has 0 amide bonds. The highest BCUT2D eigenvalue weighted by Crippen LogP contribution is 2.48. The Morgan fingerprint density at radius 3 is 2.76 bits per heavy atom. The summed E-state index contributed by atoms with van der Waals surface area (Å²) in [5, 5.41) is 0. The van der Waals surface area contributed by atoms with Crippen molar-refractivity contribution < 1.29 is 23.8 Å². The molecular weight excluding hydrogens is 272 g/mol. The van der Waals surface area contributed by atoms with E-state index in [2.05, 4.69) is 0 Å². The van der Waals surface area contributed by atoms with Crippen LogP contribution < -0.4 is 0 Å². The molecule has 21 heavy (non-hydrogen) atoms. The van der Waals surface area contributed by atoms with Crippen molar-refractivity contribution in [1.29, 1.82) is 0 Å². The summed E-state index contributed by atoms with van der Waals surface area (Å²) in [4.78, 5) is 23.1. The molecule has 2 saturated heterocycles. The third-order valence-electron chi connectivity index (χ3n) is 4.87. The van der Waals surface area contributed by atoms with Crippen molar-refractivity contribution in [3.63, 3.8) is 0 Å². The minimum atomic E-state index is -0.555. The van der Waals surface area contributed by atoms with E-state index in [1.165, 1.54) is 30.2 Å². The first-order valence-electron chi connectivity index (χ1n) is 7.69. The lowest BCUT2D eigenvalue weighted by Crippen LogP contribution is -2.14. The van der Waals surface area contributed by atoms with Crippen molar-refractivity contribution in [2.45, 2.75) is 57.3 Å². The van der Waals surface area contributed by atoms with Crippen LogP contribution in [0.3, 0.4) is 0 Å². The first-order chi connectivity index (χ1) is 10.2. The molecule has 0 radical (unpaired) electrons. The van der Waals surface area contributed by atoms with Gasteiger partial charge in [0.1, 0.15) is 6.10 Å². The summed E-state index contributed by atoms with van der Waals surface area (Å²) in [7, 11) is 0. The Labute approximate surface area is 122 Å². The summed E-state index contributed by atoms with van der Waals surface area (Å²) in [5.74, 6) is -0.438. The Kier molecular flexibility index (Phi) is 3.01. The molecule has 4 rings (SSSR count). The molecule has 2 fully saturated rings. The lowest BCUT2D eigenvalue weighted by molar-refractivity contribution is -0.154.